The molecule has 2 aromatic carbocycles. The van der Waals surface area contributed by atoms with Crippen LogP contribution in [0.1, 0.15) is 22.8 Å². The molecule has 0 amide bonds. The van der Waals surface area contributed by atoms with Crippen LogP contribution < -0.4 is 4.90 Å². The largest absolute Gasteiger partial charge is 0.315 e. The zero-order chi connectivity index (χ0) is 19.9. The van der Waals surface area contributed by atoms with E-state index in [0.29, 0.717) is 16.3 Å². The van der Waals surface area contributed by atoms with Gasteiger partial charge in [0.25, 0.3) is 0 Å². The molecule has 2 aromatic rings. The quantitative estimate of drug-likeness (QED) is 0.684. The van der Waals surface area contributed by atoms with E-state index in [1.807, 2.05) is 47.4 Å². The summed E-state index contributed by atoms with van der Waals surface area (Å²) in [6.07, 6.45) is 0. The number of aliphatic imine (C=N–C) groups is 1. The van der Waals surface area contributed by atoms with Crippen LogP contribution in [0.25, 0.3) is 0 Å². The minimum atomic E-state index is -3.11. The van der Waals surface area contributed by atoms with E-state index < -0.39 is 9.84 Å². The molecule has 0 N–H and O–H groups in total. The zero-order valence-corrected chi connectivity index (χ0v) is 17.6. The molecule has 0 aromatic heterocycles. The summed E-state index contributed by atoms with van der Waals surface area (Å²) in [4.78, 5) is 18.5. The monoisotopic (exact) mass is 434 g/mol. The lowest BCUT2D eigenvalue weighted by Gasteiger charge is -2.26. The predicted molar refractivity (Wildman–Crippen MR) is 115 cm³/mol. The fourth-order valence-electron chi connectivity index (χ4n) is 3.54. The highest BCUT2D eigenvalue weighted by Gasteiger charge is 2.47. The summed E-state index contributed by atoms with van der Waals surface area (Å²) in [6, 6.07) is 14.5. The summed E-state index contributed by atoms with van der Waals surface area (Å²) >= 11 is 7.52. The third kappa shape index (κ3) is 3.97. The molecule has 5 nitrogen and oxygen atoms in total. The smallest absolute Gasteiger partial charge is 0.164 e. The van der Waals surface area contributed by atoms with Gasteiger partial charge in [-0.25, -0.2) is 8.42 Å². The van der Waals surface area contributed by atoms with Gasteiger partial charge < -0.3 is 4.90 Å². The average molecular weight is 435 g/mol. The Hall–Kier alpha value is -1.83. The van der Waals surface area contributed by atoms with E-state index in [-0.39, 0.29) is 29.4 Å². The lowest BCUT2D eigenvalue weighted by atomic mass is 10.1. The number of amidine groups is 1. The second kappa shape index (κ2) is 7.54. The van der Waals surface area contributed by atoms with E-state index in [0.717, 1.165) is 16.4 Å². The first kappa shape index (κ1) is 19.5. The van der Waals surface area contributed by atoms with Crippen LogP contribution in [-0.2, 0) is 15.6 Å². The van der Waals surface area contributed by atoms with Gasteiger partial charge in [0.2, 0.25) is 0 Å². The Morgan fingerprint density at radius 2 is 1.96 bits per heavy atom. The third-order valence-corrected chi connectivity index (χ3v) is 7.91. The van der Waals surface area contributed by atoms with Crippen molar-refractivity contribution in [3.63, 3.8) is 0 Å². The van der Waals surface area contributed by atoms with Gasteiger partial charge in [-0.1, -0.05) is 47.6 Å². The summed E-state index contributed by atoms with van der Waals surface area (Å²) in [5, 5.41) is 1.48. The van der Waals surface area contributed by atoms with Gasteiger partial charge in [-0.2, -0.15) is 0 Å². The number of carbonyl (C=O) groups is 1. The number of halogens is 1. The Balaban J connectivity index is 1.64. The molecule has 1 saturated heterocycles. The van der Waals surface area contributed by atoms with E-state index >= 15 is 0 Å². The van der Waals surface area contributed by atoms with Crippen molar-refractivity contribution in [2.24, 2.45) is 4.99 Å². The molecular weight excluding hydrogens is 416 g/mol. The van der Waals surface area contributed by atoms with E-state index in [1.165, 1.54) is 6.92 Å². The molecule has 0 aliphatic carbocycles. The standard InChI is InChI=1S/C20H19ClN2O3S2/c1-13(24)15-3-2-4-17(9-15)23-19-12-28(25,26)11-18(19)22-20(23)27-10-14-5-7-16(21)8-6-14/h2-9,18-19H,10-12H2,1H3/t18-,19-/m0/s1. The van der Waals surface area contributed by atoms with Crippen LogP contribution in [0.4, 0.5) is 5.69 Å². The molecule has 2 aliphatic heterocycles. The average Bonchev–Trinajstić information content (AvgIpc) is 3.12. The van der Waals surface area contributed by atoms with Crippen LogP contribution in [0.5, 0.6) is 0 Å². The number of nitrogens with zero attached hydrogens (tertiary/aromatic N) is 2. The highest BCUT2D eigenvalue weighted by Crippen LogP contribution is 2.36. The first-order chi connectivity index (χ1) is 13.3. The molecule has 0 bridgehead atoms. The van der Waals surface area contributed by atoms with Crippen LogP contribution in [0, 0.1) is 0 Å². The molecule has 28 heavy (non-hydrogen) atoms. The van der Waals surface area contributed by atoms with Crippen LogP contribution in [0.3, 0.4) is 0 Å². The first-order valence-electron chi connectivity index (χ1n) is 8.88. The van der Waals surface area contributed by atoms with Crippen molar-refractivity contribution in [1.82, 2.24) is 0 Å². The second-order valence-corrected chi connectivity index (χ2v) is 10.5. The van der Waals surface area contributed by atoms with Crippen molar-refractivity contribution in [3.8, 4) is 0 Å². The van der Waals surface area contributed by atoms with E-state index in [2.05, 4.69) is 0 Å². The van der Waals surface area contributed by atoms with Crippen molar-refractivity contribution >= 4 is 49.8 Å². The van der Waals surface area contributed by atoms with E-state index in [4.69, 9.17) is 16.6 Å². The number of Topliss-reactive ketones (excluding diaryl/α,β-unsaturated/α-hetero) is 1. The summed E-state index contributed by atoms with van der Waals surface area (Å²) in [5.41, 5.74) is 2.52. The van der Waals surface area contributed by atoms with Crippen molar-refractivity contribution in [2.45, 2.75) is 24.8 Å². The summed E-state index contributed by atoms with van der Waals surface area (Å²) in [7, 11) is -3.11. The topological polar surface area (TPSA) is 66.8 Å². The zero-order valence-electron chi connectivity index (χ0n) is 15.2. The van der Waals surface area contributed by atoms with Crippen molar-refractivity contribution in [2.75, 3.05) is 16.4 Å². The number of ketones is 1. The fraction of sp³-hybridized carbons (Fsp3) is 0.300. The molecule has 2 atom stereocenters. The van der Waals surface area contributed by atoms with Crippen LogP contribution in [0.2, 0.25) is 5.02 Å². The number of sulfone groups is 1. The number of fused-ring (bicyclic) bond motifs is 1. The maximum Gasteiger partial charge on any atom is 0.164 e. The minimum absolute atomic E-state index is 0.0241. The number of thioether (sulfide) groups is 1. The van der Waals surface area contributed by atoms with E-state index in [9.17, 15) is 13.2 Å². The lowest BCUT2D eigenvalue weighted by molar-refractivity contribution is 0.101. The van der Waals surface area contributed by atoms with Crippen LogP contribution in [-0.4, -0.2) is 43.0 Å². The normalized spacial score (nSPS) is 22.8. The summed E-state index contributed by atoms with van der Waals surface area (Å²) in [6.45, 7) is 1.52. The number of hydrogen-bond donors (Lipinski definition) is 0. The van der Waals surface area contributed by atoms with Crippen LogP contribution >= 0.6 is 23.4 Å². The van der Waals surface area contributed by atoms with Gasteiger partial charge >= 0.3 is 0 Å². The molecule has 0 spiro atoms. The molecule has 0 saturated carbocycles. The maximum absolute atomic E-state index is 12.1. The first-order valence-corrected chi connectivity index (χ1v) is 12.1. The van der Waals surface area contributed by atoms with Gasteiger partial charge in [0.15, 0.2) is 20.8 Å². The number of rotatable bonds is 4. The molecule has 4 rings (SSSR count). The Morgan fingerprint density at radius 1 is 1.21 bits per heavy atom. The van der Waals surface area contributed by atoms with Crippen molar-refractivity contribution in [1.29, 1.82) is 0 Å². The Kier molecular flexibility index (Phi) is 5.24. The Labute approximate surface area is 173 Å². The van der Waals surface area contributed by atoms with Gasteiger partial charge in [0, 0.05) is 22.0 Å². The molecule has 1 fully saturated rings. The van der Waals surface area contributed by atoms with Gasteiger partial charge in [-0.05, 0) is 36.8 Å². The van der Waals surface area contributed by atoms with Crippen molar-refractivity contribution in [3.05, 3.63) is 64.7 Å². The SMILES string of the molecule is CC(=O)c1cccc(N2C(SCc3ccc(Cl)cc3)=N[C@H]3CS(=O)(=O)C[C@@H]32)c1. The summed E-state index contributed by atoms with van der Waals surface area (Å²) in [5.74, 6) is 0.830. The molecule has 0 unspecified atom stereocenters. The molecule has 0 radical (unpaired) electrons. The second-order valence-electron chi connectivity index (χ2n) is 7.01. The predicted octanol–water partition coefficient (Wildman–Crippen LogP) is 3.82. The van der Waals surface area contributed by atoms with Gasteiger partial charge in [0.1, 0.15) is 0 Å². The minimum Gasteiger partial charge on any atom is -0.315 e. The number of benzene rings is 2. The van der Waals surface area contributed by atoms with Gasteiger partial charge in [-0.3, -0.25) is 9.79 Å². The van der Waals surface area contributed by atoms with Crippen LogP contribution in [0.15, 0.2) is 53.5 Å². The highest BCUT2D eigenvalue weighted by molar-refractivity contribution is 8.13. The maximum atomic E-state index is 12.1. The molecule has 146 valence electrons. The third-order valence-electron chi connectivity index (χ3n) is 4.92. The number of hydrogen-bond acceptors (Lipinski definition) is 6. The van der Waals surface area contributed by atoms with Gasteiger partial charge in [-0.15, -0.1) is 0 Å². The molecule has 2 heterocycles. The molecule has 2 aliphatic rings. The summed E-state index contributed by atoms with van der Waals surface area (Å²) < 4.78 is 24.3. The number of anilines is 1. The number of carbonyl (C=O) groups excluding carboxylic acids is 1. The highest BCUT2D eigenvalue weighted by atomic mass is 35.5. The Bertz CT molecular complexity index is 1050. The molecule has 8 heteroatoms. The molecular formula is C20H19ClN2O3S2. The fourth-order valence-corrected chi connectivity index (χ4v) is 6.59. The van der Waals surface area contributed by atoms with Crippen molar-refractivity contribution < 1.29 is 13.2 Å². The Morgan fingerprint density at radius 3 is 2.68 bits per heavy atom. The van der Waals surface area contributed by atoms with Gasteiger partial charge in [0.05, 0.1) is 23.6 Å². The lowest BCUT2D eigenvalue weighted by Crippen LogP contribution is -2.39. The van der Waals surface area contributed by atoms with E-state index in [1.54, 1.807) is 17.8 Å².